The van der Waals surface area contributed by atoms with Crippen LogP contribution < -0.4 is 16.0 Å². The van der Waals surface area contributed by atoms with Gasteiger partial charge in [0.15, 0.2) is 0 Å². The van der Waals surface area contributed by atoms with E-state index in [0.29, 0.717) is 37.8 Å². The van der Waals surface area contributed by atoms with Crippen molar-refractivity contribution in [3.8, 4) is 17.3 Å². The molecule has 3 rings (SSSR count). The number of H-pyrrole nitrogens is 1. The predicted octanol–water partition coefficient (Wildman–Crippen LogP) is 0.381. The van der Waals surface area contributed by atoms with E-state index in [1.54, 1.807) is 24.3 Å². The monoisotopic (exact) mass is 388 g/mol. The standard InChI is InChI=1S/C19H24N4O5/c1-2-28-15-5-3-14(4-6-15)23-18(25)16(17(24)21-19(23)26)13-20-7-8-22-9-11-27-12-10-22/h3-6,13,25H,2,7-12H2,1H3,(H,21,24,26). The Bertz CT molecular complexity index is 927. The van der Waals surface area contributed by atoms with Crippen molar-refractivity contribution in [1.29, 1.82) is 0 Å². The van der Waals surface area contributed by atoms with E-state index in [0.717, 1.165) is 24.2 Å². The Balaban J connectivity index is 1.80. The summed E-state index contributed by atoms with van der Waals surface area (Å²) in [6, 6.07) is 6.63. The van der Waals surface area contributed by atoms with Gasteiger partial charge in [0.2, 0.25) is 5.88 Å². The highest BCUT2D eigenvalue weighted by Crippen LogP contribution is 2.18. The van der Waals surface area contributed by atoms with Gasteiger partial charge in [0.05, 0.1) is 32.1 Å². The molecule has 1 fully saturated rings. The summed E-state index contributed by atoms with van der Waals surface area (Å²) in [5.41, 5.74) is -1.06. The Morgan fingerprint density at radius 3 is 2.64 bits per heavy atom. The number of aliphatic imine (C=N–C) groups is 1. The molecule has 1 aliphatic heterocycles. The maximum absolute atomic E-state index is 12.2. The average molecular weight is 388 g/mol. The van der Waals surface area contributed by atoms with E-state index in [9.17, 15) is 14.7 Å². The molecule has 1 saturated heterocycles. The largest absolute Gasteiger partial charge is 0.494 e. The molecule has 2 aromatic rings. The number of nitrogens with one attached hydrogen (secondary N) is 1. The number of ether oxygens (including phenoxy) is 2. The molecule has 1 aliphatic rings. The molecule has 0 unspecified atom stereocenters. The van der Waals surface area contributed by atoms with E-state index in [1.165, 1.54) is 6.21 Å². The molecule has 0 aliphatic carbocycles. The number of nitrogens with zero attached hydrogens (tertiary/aromatic N) is 3. The lowest BCUT2D eigenvalue weighted by atomic mass is 10.2. The van der Waals surface area contributed by atoms with Gasteiger partial charge in [-0.15, -0.1) is 0 Å². The third kappa shape index (κ3) is 4.68. The van der Waals surface area contributed by atoms with Gasteiger partial charge in [-0.3, -0.25) is 19.7 Å². The minimum atomic E-state index is -0.725. The maximum Gasteiger partial charge on any atom is 0.335 e. The summed E-state index contributed by atoms with van der Waals surface area (Å²) in [6.45, 7) is 6.71. The van der Waals surface area contributed by atoms with Crippen LogP contribution in [0.4, 0.5) is 0 Å². The topological polar surface area (TPSA) is 109 Å². The quantitative estimate of drug-likeness (QED) is 0.664. The summed E-state index contributed by atoms with van der Waals surface area (Å²) >= 11 is 0. The number of benzene rings is 1. The first-order valence-electron chi connectivity index (χ1n) is 9.21. The molecule has 28 heavy (non-hydrogen) atoms. The van der Waals surface area contributed by atoms with Crippen LogP contribution in [-0.4, -0.2) is 71.8 Å². The maximum atomic E-state index is 12.2. The van der Waals surface area contributed by atoms with Crippen LogP contribution in [0.3, 0.4) is 0 Å². The van der Waals surface area contributed by atoms with Gasteiger partial charge in [-0.25, -0.2) is 9.36 Å². The number of morpholine rings is 1. The van der Waals surface area contributed by atoms with E-state index < -0.39 is 17.1 Å². The lowest BCUT2D eigenvalue weighted by Gasteiger charge is -2.25. The second-order valence-corrected chi connectivity index (χ2v) is 6.25. The molecule has 1 aromatic carbocycles. The molecule has 0 bridgehead atoms. The van der Waals surface area contributed by atoms with Gasteiger partial charge in [0, 0.05) is 25.8 Å². The molecule has 0 spiro atoms. The summed E-state index contributed by atoms with van der Waals surface area (Å²) in [4.78, 5) is 33.0. The van der Waals surface area contributed by atoms with Crippen molar-refractivity contribution in [2.45, 2.75) is 6.92 Å². The molecule has 0 radical (unpaired) electrons. The van der Waals surface area contributed by atoms with Gasteiger partial charge in [-0.05, 0) is 31.2 Å². The minimum absolute atomic E-state index is 0.0598. The number of aromatic nitrogens is 2. The lowest BCUT2D eigenvalue weighted by molar-refractivity contribution is 0.0395. The van der Waals surface area contributed by atoms with Crippen molar-refractivity contribution >= 4 is 6.21 Å². The normalized spacial score (nSPS) is 15.2. The molecule has 9 heteroatoms. The number of aromatic amines is 1. The van der Waals surface area contributed by atoms with Gasteiger partial charge in [-0.1, -0.05) is 0 Å². The summed E-state index contributed by atoms with van der Waals surface area (Å²) in [7, 11) is 0. The third-order valence-electron chi connectivity index (χ3n) is 4.40. The van der Waals surface area contributed by atoms with Crippen molar-refractivity contribution in [2.24, 2.45) is 4.99 Å². The van der Waals surface area contributed by atoms with E-state index in [2.05, 4.69) is 14.9 Å². The average Bonchev–Trinajstić information content (AvgIpc) is 2.69. The Labute approximate surface area is 161 Å². The van der Waals surface area contributed by atoms with Crippen LogP contribution in [0.2, 0.25) is 0 Å². The van der Waals surface area contributed by atoms with Crippen LogP contribution >= 0.6 is 0 Å². The fraction of sp³-hybridized carbons (Fsp3) is 0.421. The smallest absolute Gasteiger partial charge is 0.335 e. The number of aromatic hydroxyl groups is 1. The van der Waals surface area contributed by atoms with Crippen LogP contribution in [0.1, 0.15) is 12.5 Å². The third-order valence-corrected chi connectivity index (χ3v) is 4.40. The number of rotatable bonds is 7. The van der Waals surface area contributed by atoms with Crippen LogP contribution in [0.15, 0.2) is 38.8 Å². The van der Waals surface area contributed by atoms with E-state index in [4.69, 9.17) is 9.47 Å². The highest BCUT2D eigenvalue weighted by atomic mass is 16.5. The van der Waals surface area contributed by atoms with Gasteiger partial charge in [-0.2, -0.15) is 0 Å². The first-order chi connectivity index (χ1) is 13.6. The molecular formula is C19H24N4O5. The molecule has 150 valence electrons. The Morgan fingerprint density at radius 2 is 1.96 bits per heavy atom. The SMILES string of the molecule is CCOc1ccc(-n2c(O)c(C=NCCN3CCOCC3)c(=O)[nH]c2=O)cc1. The van der Waals surface area contributed by atoms with Crippen molar-refractivity contribution < 1.29 is 14.6 Å². The van der Waals surface area contributed by atoms with Crippen LogP contribution in [0, 0.1) is 0 Å². The second-order valence-electron chi connectivity index (χ2n) is 6.25. The molecule has 0 amide bonds. The lowest BCUT2D eigenvalue weighted by Crippen LogP contribution is -2.37. The minimum Gasteiger partial charge on any atom is -0.494 e. The zero-order valence-electron chi connectivity index (χ0n) is 15.8. The zero-order chi connectivity index (χ0) is 19.9. The molecule has 2 N–H and O–H groups in total. The first-order valence-corrected chi connectivity index (χ1v) is 9.21. The van der Waals surface area contributed by atoms with Gasteiger partial charge >= 0.3 is 5.69 Å². The molecule has 1 aromatic heterocycles. The highest BCUT2D eigenvalue weighted by Gasteiger charge is 2.14. The van der Waals surface area contributed by atoms with E-state index >= 15 is 0 Å². The van der Waals surface area contributed by atoms with E-state index in [-0.39, 0.29) is 5.56 Å². The van der Waals surface area contributed by atoms with Gasteiger partial charge < -0.3 is 14.6 Å². The Hall–Kier alpha value is -2.91. The van der Waals surface area contributed by atoms with E-state index in [1.807, 2.05) is 6.92 Å². The molecular weight excluding hydrogens is 364 g/mol. The number of hydrogen-bond acceptors (Lipinski definition) is 7. The molecule has 9 nitrogen and oxygen atoms in total. The van der Waals surface area contributed by atoms with Gasteiger partial charge in [0.25, 0.3) is 5.56 Å². The Kier molecular flexibility index (Phi) is 6.62. The highest BCUT2D eigenvalue weighted by molar-refractivity contribution is 5.82. The number of hydrogen-bond donors (Lipinski definition) is 2. The van der Waals surface area contributed by atoms with Crippen LogP contribution in [0.25, 0.3) is 5.69 Å². The summed E-state index contributed by atoms with van der Waals surface area (Å²) in [5, 5.41) is 10.5. The first kappa shape index (κ1) is 19.8. The van der Waals surface area contributed by atoms with Crippen molar-refractivity contribution in [3.63, 3.8) is 0 Å². The second kappa shape index (κ2) is 9.34. The fourth-order valence-corrected chi connectivity index (χ4v) is 2.93. The molecule has 2 heterocycles. The van der Waals surface area contributed by atoms with Crippen LogP contribution in [0.5, 0.6) is 11.6 Å². The summed E-state index contributed by atoms with van der Waals surface area (Å²) < 4.78 is 11.7. The van der Waals surface area contributed by atoms with Crippen LogP contribution in [-0.2, 0) is 4.74 Å². The predicted molar refractivity (Wildman–Crippen MR) is 105 cm³/mol. The van der Waals surface area contributed by atoms with Crippen molar-refractivity contribution in [1.82, 2.24) is 14.5 Å². The summed E-state index contributed by atoms with van der Waals surface area (Å²) in [5.74, 6) is 0.196. The fourth-order valence-electron chi connectivity index (χ4n) is 2.93. The van der Waals surface area contributed by atoms with Crippen molar-refractivity contribution in [3.05, 3.63) is 50.7 Å². The van der Waals surface area contributed by atoms with Crippen molar-refractivity contribution in [2.75, 3.05) is 46.0 Å². The van der Waals surface area contributed by atoms with Gasteiger partial charge in [0.1, 0.15) is 11.3 Å². The Morgan fingerprint density at radius 1 is 1.25 bits per heavy atom. The molecule has 0 atom stereocenters. The zero-order valence-corrected chi connectivity index (χ0v) is 15.8. The molecule has 0 saturated carbocycles. The summed E-state index contributed by atoms with van der Waals surface area (Å²) in [6.07, 6.45) is 1.30.